The van der Waals surface area contributed by atoms with Crippen LogP contribution in [-0.2, 0) is 4.79 Å². The van der Waals surface area contributed by atoms with Crippen LogP contribution in [0.25, 0.3) is 11.4 Å². The number of unbranched alkanes of at least 4 members (excludes halogenated alkanes) is 4. The Morgan fingerprint density at radius 2 is 2.00 bits per heavy atom. The molecule has 1 aliphatic rings. The number of benzene rings is 1. The summed E-state index contributed by atoms with van der Waals surface area (Å²) < 4.78 is 5.49. The molecule has 0 radical (unpaired) electrons. The van der Waals surface area contributed by atoms with Gasteiger partial charge in [0.1, 0.15) is 0 Å². The lowest BCUT2D eigenvalue weighted by Crippen LogP contribution is -2.37. The first kappa shape index (κ1) is 19.9. The Bertz CT molecular complexity index is 739. The molecular formula is C21H28ClN3O2. The maximum atomic E-state index is 12.4. The van der Waals surface area contributed by atoms with E-state index in [9.17, 15) is 4.79 Å². The van der Waals surface area contributed by atoms with E-state index in [0.717, 1.165) is 44.3 Å². The van der Waals surface area contributed by atoms with Crippen LogP contribution in [-0.4, -0.2) is 34.0 Å². The van der Waals surface area contributed by atoms with Crippen LogP contribution in [0.1, 0.15) is 70.1 Å². The van der Waals surface area contributed by atoms with E-state index >= 15 is 0 Å². The number of carbonyl (C=O) groups is 1. The van der Waals surface area contributed by atoms with Crippen LogP contribution < -0.4 is 0 Å². The van der Waals surface area contributed by atoms with Gasteiger partial charge >= 0.3 is 0 Å². The van der Waals surface area contributed by atoms with Gasteiger partial charge in [-0.05, 0) is 31.4 Å². The summed E-state index contributed by atoms with van der Waals surface area (Å²) in [6.45, 7) is 3.75. The Morgan fingerprint density at radius 1 is 1.22 bits per heavy atom. The van der Waals surface area contributed by atoms with Gasteiger partial charge in [-0.3, -0.25) is 4.79 Å². The average molecular weight is 390 g/mol. The van der Waals surface area contributed by atoms with E-state index in [1.807, 2.05) is 29.2 Å². The molecule has 3 rings (SSSR count). The fraction of sp³-hybridized carbons (Fsp3) is 0.571. The number of likely N-dealkylation sites (tertiary alicyclic amines) is 1. The number of hydrogen-bond donors (Lipinski definition) is 0. The minimum atomic E-state index is 0.221. The topological polar surface area (TPSA) is 59.2 Å². The highest BCUT2D eigenvalue weighted by Gasteiger charge is 2.27. The van der Waals surface area contributed by atoms with Crippen molar-refractivity contribution in [2.45, 2.75) is 64.2 Å². The first-order chi connectivity index (χ1) is 13.2. The lowest BCUT2D eigenvalue weighted by molar-refractivity contribution is -0.132. The predicted octanol–water partition coefficient (Wildman–Crippen LogP) is 5.46. The summed E-state index contributed by atoms with van der Waals surface area (Å²) in [4.78, 5) is 18.9. The summed E-state index contributed by atoms with van der Waals surface area (Å²) in [5, 5.41) is 4.75. The third-order valence-electron chi connectivity index (χ3n) is 5.22. The lowest BCUT2D eigenvalue weighted by Gasteiger charge is -2.30. The zero-order chi connectivity index (χ0) is 19.1. The first-order valence-electron chi connectivity index (χ1n) is 10.0. The van der Waals surface area contributed by atoms with Gasteiger partial charge in [-0.25, -0.2) is 0 Å². The van der Waals surface area contributed by atoms with Crippen molar-refractivity contribution in [3.63, 3.8) is 0 Å². The lowest BCUT2D eigenvalue weighted by atomic mass is 9.96. The number of nitrogens with zero attached hydrogens (tertiary/aromatic N) is 3. The average Bonchev–Trinajstić information content (AvgIpc) is 3.18. The second-order valence-corrected chi connectivity index (χ2v) is 7.72. The van der Waals surface area contributed by atoms with Crippen LogP contribution in [0.3, 0.4) is 0 Å². The van der Waals surface area contributed by atoms with Gasteiger partial charge < -0.3 is 9.42 Å². The normalized spacial score (nSPS) is 15.3. The van der Waals surface area contributed by atoms with Crippen molar-refractivity contribution in [2.24, 2.45) is 0 Å². The minimum absolute atomic E-state index is 0.221. The molecule has 6 heteroatoms. The summed E-state index contributed by atoms with van der Waals surface area (Å²) >= 11 is 6.03. The molecule has 1 aliphatic heterocycles. The molecule has 1 aromatic carbocycles. The van der Waals surface area contributed by atoms with Gasteiger partial charge in [0.25, 0.3) is 0 Å². The van der Waals surface area contributed by atoms with Crippen LogP contribution in [0.5, 0.6) is 0 Å². The van der Waals surface area contributed by atoms with E-state index in [1.165, 1.54) is 19.3 Å². The molecule has 0 atom stereocenters. The van der Waals surface area contributed by atoms with Crippen molar-refractivity contribution < 1.29 is 9.32 Å². The van der Waals surface area contributed by atoms with Gasteiger partial charge in [-0.1, -0.05) is 61.5 Å². The molecular weight excluding hydrogens is 362 g/mol. The van der Waals surface area contributed by atoms with Gasteiger partial charge in [0.05, 0.1) is 0 Å². The molecule has 0 aliphatic carbocycles. The molecule has 0 spiro atoms. The fourth-order valence-electron chi connectivity index (χ4n) is 3.56. The molecule has 146 valence electrons. The van der Waals surface area contributed by atoms with E-state index in [1.54, 1.807) is 0 Å². The molecule has 0 unspecified atom stereocenters. The SMILES string of the molecule is CCCCCCCC(=O)N1CCC(c2nc(-c3cccc(Cl)c3)no2)CC1. The Balaban J connectivity index is 1.47. The minimum Gasteiger partial charge on any atom is -0.343 e. The maximum absolute atomic E-state index is 12.4. The van der Waals surface area contributed by atoms with Crippen LogP contribution in [0, 0.1) is 0 Å². The van der Waals surface area contributed by atoms with Gasteiger partial charge in [-0.15, -0.1) is 0 Å². The van der Waals surface area contributed by atoms with Crippen LogP contribution >= 0.6 is 11.6 Å². The van der Waals surface area contributed by atoms with Crippen molar-refractivity contribution in [1.29, 1.82) is 0 Å². The number of amides is 1. The van der Waals surface area contributed by atoms with E-state index in [4.69, 9.17) is 16.1 Å². The number of rotatable bonds is 8. The summed E-state index contributed by atoms with van der Waals surface area (Å²) in [6.07, 6.45) is 8.32. The maximum Gasteiger partial charge on any atom is 0.230 e. The van der Waals surface area contributed by atoms with Crippen LogP contribution in [0.2, 0.25) is 5.02 Å². The largest absolute Gasteiger partial charge is 0.343 e. The van der Waals surface area contributed by atoms with E-state index in [2.05, 4.69) is 17.1 Å². The molecule has 0 saturated carbocycles. The highest BCUT2D eigenvalue weighted by atomic mass is 35.5. The number of halogens is 1. The Hall–Kier alpha value is -1.88. The molecule has 1 amide bonds. The number of piperidine rings is 1. The second kappa shape index (κ2) is 9.88. The molecule has 5 nitrogen and oxygen atoms in total. The van der Waals surface area contributed by atoms with Gasteiger partial charge in [0, 0.05) is 36.0 Å². The molecule has 2 aromatic rings. The van der Waals surface area contributed by atoms with Gasteiger partial charge in [-0.2, -0.15) is 4.98 Å². The number of hydrogen-bond acceptors (Lipinski definition) is 4. The van der Waals surface area contributed by atoms with Crippen molar-refractivity contribution >= 4 is 17.5 Å². The standard InChI is InChI=1S/C21H28ClN3O2/c1-2-3-4-5-6-10-19(26)25-13-11-16(12-14-25)21-23-20(24-27-21)17-8-7-9-18(22)15-17/h7-9,15-16H,2-6,10-14H2,1H3. The molecule has 2 heterocycles. The van der Waals surface area contributed by atoms with E-state index in [-0.39, 0.29) is 11.8 Å². The Labute approximate surface area is 166 Å². The van der Waals surface area contributed by atoms with Crippen molar-refractivity contribution in [1.82, 2.24) is 15.0 Å². The summed E-state index contributed by atoms with van der Waals surface area (Å²) in [5.41, 5.74) is 0.855. The predicted molar refractivity (Wildman–Crippen MR) is 107 cm³/mol. The zero-order valence-corrected chi connectivity index (χ0v) is 16.7. The molecule has 0 N–H and O–H groups in total. The fourth-order valence-corrected chi connectivity index (χ4v) is 3.75. The summed E-state index contributed by atoms with van der Waals surface area (Å²) in [6, 6.07) is 7.45. The van der Waals surface area contributed by atoms with Crippen molar-refractivity contribution in [3.8, 4) is 11.4 Å². The molecule has 1 aromatic heterocycles. The van der Waals surface area contributed by atoms with E-state index in [0.29, 0.717) is 23.2 Å². The smallest absolute Gasteiger partial charge is 0.230 e. The van der Waals surface area contributed by atoms with Crippen LogP contribution in [0.15, 0.2) is 28.8 Å². The quantitative estimate of drug-likeness (QED) is 0.562. The first-order valence-corrected chi connectivity index (χ1v) is 10.4. The second-order valence-electron chi connectivity index (χ2n) is 7.29. The Morgan fingerprint density at radius 3 is 2.74 bits per heavy atom. The summed E-state index contributed by atoms with van der Waals surface area (Å²) in [5.74, 6) is 1.74. The van der Waals surface area contributed by atoms with Gasteiger partial charge in [0.2, 0.25) is 17.6 Å². The number of carbonyl (C=O) groups excluding carboxylic acids is 1. The van der Waals surface area contributed by atoms with Gasteiger partial charge in [0.15, 0.2) is 0 Å². The molecule has 27 heavy (non-hydrogen) atoms. The summed E-state index contributed by atoms with van der Waals surface area (Å²) in [7, 11) is 0. The molecule has 1 saturated heterocycles. The Kier molecular flexibility index (Phi) is 7.27. The monoisotopic (exact) mass is 389 g/mol. The highest BCUT2D eigenvalue weighted by Crippen LogP contribution is 2.29. The van der Waals surface area contributed by atoms with E-state index < -0.39 is 0 Å². The van der Waals surface area contributed by atoms with Crippen LogP contribution in [0.4, 0.5) is 0 Å². The van der Waals surface area contributed by atoms with Crippen molar-refractivity contribution in [2.75, 3.05) is 13.1 Å². The third kappa shape index (κ3) is 5.55. The number of aromatic nitrogens is 2. The highest BCUT2D eigenvalue weighted by molar-refractivity contribution is 6.30. The third-order valence-corrected chi connectivity index (χ3v) is 5.45. The molecule has 1 fully saturated rings. The zero-order valence-electron chi connectivity index (χ0n) is 16.0. The molecule has 0 bridgehead atoms. The van der Waals surface area contributed by atoms with Crippen molar-refractivity contribution in [3.05, 3.63) is 35.2 Å².